The maximum absolute atomic E-state index is 12.9. The molecule has 0 bridgehead atoms. The Morgan fingerprint density at radius 3 is 2.09 bits per heavy atom. The second-order valence-corrected chi connectivity index (χ2v) is 8.30. The molecule has 2 rings (SSSR count). The summed E-state index contributed by atoms with van der Waals surface area (Å²) in [5, 5.41) is 39.9. The molecular formula is C26H32O8. The number of hydrogen-bond acceptors (Lipinski definition) is 7. The van der Waals surface area contributed by atoms with Gasteiger partial charge in [-0.05, 0) is 42.5 Å². The van der Waals surface area contributed by atoms with E-state index in [1.165, 1.54) is 12.1 Å². The highest BCUT2D eigenvalue weighted by molar-refractivity contribution is 5.98. The molecule has 34 heavy (non-hydrogen) atoms. The van der Waals surface area contributed by atoms with Crippen LogP contribution in [0.25, 0.3) is 0 Å². The lowest BCUT2D eigenvalue weighted by molar-refractivity contribution is -0.118. The summed E-state index contributed by atoms with van der Waals surface area (Å²) in [6.45, 7) is 4.02. The summed E-state index contributed by atoms with van der Waals surface area (Å²) in [4.78, 5) is 36.9. The van der Waals surface area contributed by atoms with Crippen LogP contribution in [-0.4, -0.2) is 38.1 Å². The van der Waals surface area contributed by atoms with E-state index in [1.54, 1.807) is 0 Å². The molecule has 0 aliphatic rings. The number of rotatable bonds is 13. The Morgan fingerprint density at radius 2 is 1.44 bits per heavy atom. The molecule has 0 aromatic heterocycles. The van der Waals surface area contributed by atoms with E-state index in [0.29, 0.717) is 31.2 Å². The molecule has 8 heteroatoms. The van der Waals surface area contributed by atoms with Crippen molar-refractivity contribution in [3.8, 4) is 23.0 Å². The summed E-state index contributed by atoms with van der Waals surface area (Å²) in [6.07, 6.45) is 5.53. The summed E-state index contributed by atoms with van der Waals surface area (Å²) < 4.78 is 5.36. The van der Waals surface area contributed by atoms with Gasteiger partial charge in [0.25, 0.3) is 0 Å². The van der Waals surface area contributed by atoms with E-state index >= 15 is 0 Å². The van der Waals surface area contributed by atoms with E-state index in [1.807, 2.05) is 13.8 Å². The number of carboxylic acid groups (broad SMARTS) is 1. The number of carboxylic acids is 1. The highest BCUT2D eigenvalue weighted by atomic mass is 16.5. The van der Waals surface area contributed by atoms with Crippen LogP contribution >= 0.6 is 0 Å². The van der Waals surface area contributed by atoms with Gasteiger partial charge in [-0.1, -0.05) is 39.5 Å². The van der Waals surface area contributed by atoms with E-state index in [-0.39, 0.29) is 40.4 Å². The number of Topliss-reactive ketones (excluding diaryl/α,β-unsaturated/α-hetero) is 1. The van der Waals surface area contributed by atoms with Crippen LogP contribution in [0.2, 0.25) is 0 Å². The lowest BCUT2D eigenvalue weighted by Crippen LogP contribution is -2.15. The molecular weight excluding hydrogens is 440 g/mol. The number of phenols is 3. The van der Waals surface area contributed by atoms with E-state index in [2.05, 4.69) is 0 Å². The van der Waals surface area contributed by atoms with Crippen LogP contribution in [0.1, 0.15) is 90.6 Å². The monoisotopic (exact) mass is 472 g/mol. The number of carbonyl (C=O) groups excluding carboxylic acids is 2. The zero-order valence-electron chi connectivity index (χ0n) is 19.6. The van der Waals surface area contributed by atoms with Gasteiger partial charge in [-0.3, -0.25) is 4.79 Å². The van der Waals surface area contributed by atoms with Gasteiger partial charge in [0.15, 0.2) is 0 Å². The summed E-state index contributed by atoms with van der Waals surface area (Å²) in [6, 6.07) is 4.61. The Labute approximate surface area is 198 Å². The molecule has 0 amide bonds. The van der Waals surface area contributed by atoms with Crippen molar-refractivity contribution in [3.63, 3.8) is 0 Å². The van der Waals surface area contributed by atoms with Crippen molar-refractivity contribution in [2.24, 2.45) is 0 Å². The van der Waals surface area contributed by atoms with Gasteiger partial charge in [0.05, 0.1) is 0 Å². The quantitative estimate of drug-likeness (QED) is 0.178. The lowest BCUT2D eigenvalue weighted by atomic mass is 9.98. The van der Waals surface area contributed by atoms with E-state index in [4.69, 9.17) is 4.74 Å². The summed E-state index contributed by atoms with van der Waals surface area (Å²) in [5.74, 6) is -3.90. The van der Waals surface area contributed by atoms with Gasteiger partial charge in [-0.2, -0.15) is 0 Å². The Bertz CT molecular complexity index is 1040. The fourth-order valence-corrected chi connectivity index (χ4v) is 3.80. The van der Waals surface area contributed by atoms with Crippen LogP contribution in [-0.2, 0) is 17.6 Å². The number of aryl methyl sites for hydroxylation is 1. The normalized spacial score (nSPS) is 10.8. The lowest BCUT2D eigenvalue weighted by Gasteiger charge is -2.14. The molecule has 2 aromatic rings. The van der Waals surface area contributed by atoms with Gasteiger partial charge in [0, 0.05) is 25.0 Å². The number of hydrogen-bond donors (Lipinski definition) is 4. The number of aromatic carboxylic acids is 1. The highest BCUT2D eigenvalue weighted by Gasteiger charge is 2.24. The van der Waals surface area contributed by atoms with Crippen molar-refractivity contribution in [3.05, 3.63) is 46.5 Å². The second-order valence-electron chi connectivity index (χ2n) is 8.30. The van der Waals surface area contributed by atoms with E-state index < -0.39 is 23.4 Å². The first-order valence-electron chi connectivity index (χ1n) is 11.6. The Balaban J connectivity index is 2.34. The number of esters is 1. The molecule has 0 saturated heterocycles. The molecule has 8 nitrogen and oxygen atoms in total. The van der Waals surface area contributed by atoms with Crippen molar-refractivity contribution in [2.45, 2.75) is 71.6 Å². The first kappa shape index (κ1) is 26.7. The minimum atomic E-state index is -1.29. The number of benzene rings is 2. The smallest absolute Gasteiger partial charge is 0.347 e. The zero-order chi connectivity index (χ0) is 25.3. The third-order valence-electron chi connectivity index (χ3n) is 5.48. The first-order valence-corrected chi connectivity index (χ1v) is 11.6. The average molecular weight is 473 g/mol. The molecule has 0 unspecified atom stereocenters. The number of ketones is 1. The fraction of sp³-hybridized carbons (Fsp3) is 0.423. The summed E-state index contributed by atoms with van der Waals surface area (Å²) >= 11 is 0. The molecule has 0 heterocycles. The molecule has 0 radical (unpaired) electrons. The third-order valence-corrected chi connectivity index (χ3v) is 5.48. The van der Waals surface area contributed by atoms with Crippen molar-refractivity contribution in [1.29, 1.82) is 0 Å². The number of ether oxygens (including phenoxy) is 1. The molecule has 0 atom stereocenters. The molecule has 0 fully saturated rings. The van der Waals surface area contributed by atoms with E-state index in [9.17, 15) is 34.8 Å². The Kier molecular flexibility index (Phi) is 9.92. The van der Waals surface area contributed by atoms with Gasteiger partial charge >= 0.3 is 11.9 Å². The number of aromatic hydroxyl groups is 3. The highest BCUT2D eigenvalue weighted by Crippen LogP contribution is 2.33. The van der Waals surface area contributed by atoms with Gasteiger partial charge in [0.1, 0.15) is 39.9 Å². The van der Waals surface area contributed by atoms with Crippen LogP contribution < -0.4 is 4.74 Å². The van der Waals surface area contributed by atoms with Crippen LogP contribution in [0.15, 0.2) is 24.3 Å². The van der Waals surface area contributed by atoms with Gasteiger partial charge in [-0.15, -0.1) is 0 Å². The van der Waals surface area contributed by atoms with Crippen molar-refractivity contribution in [2.75, 3.05) is 0 Å². The molecule has 184 valence electrons. The first-order chi connectivity index (χ1) is 16.2. The van der Waals surface area contributed by atoms with Crippen molar-refractivity contribution < 1.29 is 39.5 Å². The van der Waals surface area contributed by atoms with Gasteiger partial charge in [0.2, 0.25) is 0 Å². The molecule has 2 aromatic carbocycles. The molecule has 0 spiro atoms. The zero-order valence-corrected chi connectivity index (χ0v) is 19.6. The number of phenolic OH excluding ortho intramolecular Hbond substituents is 2. The minimum Gasteiger partial charge on any atom is -0.508 e. The average Bonchev–Trinajstić information content (AvgIpc) is 2.73. The van der Waals surface area contributed by atoms with Crippen molar-refractivity contribution in [1.82, 2.24) is 0 Å². The predicted octanol–water partition coefficient (Wildman–Crippen LogP) is 5.15. The van der Waals surface area contributed by atoms with Crippen LogP contribution in [0, 0.1) is 0 Å². The van der Waals surface area contributed by atoms with Crippen LogP contribution in [0.4, 0.5) is 0 Å². The molecule has 0 saturated carbocycles. The Hall–Kier alpha value is -3.55. The maximum Gasteiger partial charge on any atom is 0.347 e. The van der Waals surface area contributed by atoms with E-state index in [0.717, 1.165) is 37.8 Å². The van der Waals surface area contributed by atoms with Crippen LogP contribution in [0.3, 0.4) is 0 Å². The summed E-state index contributed by atoms with van der Waals surface area (Å²) in [7, 11) is 0. The fourth-order valence-electron chi connectivity index (χ4n) is 3.80. The van der Waals surface area contributed by atoms with Crippen LogP contribution in [0.5, 0.6) is 23.0 Å². The largest absolute Gasteiger partial charge is 0.508 e. The van der Waals surface area contributed by atoms with Gasteiger partial charge < -0.3 is 25.2 Å². The van der Waals surface area contributed by atoms with Crippen molar-refractivity contribution >= 4 is 17.7 Å². The second kappa shape index (κ2) is 12.6. The number of carbonyl (C=O) groups is 3. The topological polar surface area (TPSA) is 141 Å². The summed E-state index contributed by atoms with van der Waals surface area (Å²) in [5.41, 5.74) is -0.0683. The molecule has 0 aliphatic heterocycles. The number of unbranched alkanes of at least 4 members (excludes halogenated alkanes) is 4. The molecule has 0 aliphatic carbocycles. The Morgan fingerprint density at radius 1 is 0.794 bits per heavy atom. The SMILES string of the molecule is CCCCCC(=O)Cc1cc(O)cc(O)c1C(=O)Oc1cc(O)c(C(=O)O)c(CCCCC)c1. The molecule has 4 N–H and O–H groups in total. The standard InChI is InChI=1S/C26H32O8/c1-3-5-7-9-16-13-20(15-22(30)23(16)25(31)32)34-26(33)24-17(12-19(28)14-21(24)29)11-18(27)10-8-6-4-2/h12-15,28-30H,3-11H2,1-2H3,(H,31,32). The minimum absolute atomic E-state index is 0.0910. The maximum atomic E-state index is 12.9. The van der Waals surface area contributed by atoms with Gasteiger partial charge in [-0.25, -0.2) is 9.59 Å². The third kappa shape index (κ3) is 7.23. The predicted molar refractivity (Wildman–Crippen MR) is 126 cm³/mol.